The number of carbonyl (C=O) groups excluding carboxylic acids is 1. The Balaban J connectivity index is 1.71. The van der Waals surface area contributed by atoms with E-state index in [0.29, 0.717) is 27.1 Å². The van der Waals surface area contributed by atoms with E-state index in [9.17, 15) is 4.79 Å². The second kappa shape index (κ2) is 10.6. The number of hydrazone groups is 1. The Hall–Kier alpha value is -2.36. The maximum Gasteiger partial charge on any atom is 0.272 e. The molecule has 0 aliphatic rings. The van der Waals surface area contributed by atoms with Crippen LogP contribution >= 0.6 is 45.8 Å². The summed E-state index contributed by atoms with van der Waals surface area (Å²) in [4.78, 5) is 15.9. The Labute approximate surface area is 197 Å². The number of rotatable bonds is 7. The first kappa shape index (κ1) is 22.3. The van der Waals surface area contributed by atoms with Crippen molar-refractivity contribution in [3.63, 3.8) is 0 Å². The number of halogens is 3. The van der Waals surface area contributed by atoms with Gasteiger partial charge in [0.25, 0.3) is 5.91 Å². The Bertz CT molecular complexity index is 1080. The van der Waals surface area contributed by atoms with Crippen LogP contribution in [0.2, 0.25) is 10.0 Å². The molecule has 0 aliphatic heterocycles. The average Bonchev–Trinajstić information content (AvgIpc) is 2.74. The molecule has 30 heavy (non-hydrogen) atoms. The Morgan fingerprint density at radius 3 is 2.80 bits per heavy atom. The highest BCUT2D eigenvalue weighted by Gasteiger charge is 2.13. The van der Waals surface area contributed by atoms with E-state index < -0.39 is 0 Å². The zero-order chi connectivity index (χ0) is 21.5. The minimum Gasteiger partial charge on any atom is -0.493 e. The molecular weight excluding hydrogens is 540 g/mol. The molecule has 1 aromatic heterocycles. The number of aromatic nitrogens is 1. The second-order valence-corrected chi connectivity index (χ2v) is 8.01. The molecule has 154 valence electrons. The summed E-state index contributed by atoms with van der Waals surface area (Å²) in [6.45, 7) is 0.261. The van der Waals surface area contributed by atoms with E-state index in [1.807, 2.05) is 12.1 Å². The molecule has 6 nitrogen and oxygen atoms in total. The van der Waals surface area contributed by atoms with Crippen molar-refractivity contribution in [3.8, 4) is 11.5 Å². The van der Waals surface area contributed by atoms with Gasteiger partial charge in [-0.2, -0.15) is 5.10 Å². The highest BCUT2D eigenvalue weighted by atomic mass is 127. The summed E-state index contributed by atoms with van der Waals surface area (Å²) < 4.78 is 12.2. The van der Waals surface area contributed by atoms with Gasteiger partial charge in [0.2, 0.25) is 0 Å². The monoisotopic (exact) mass is 555 g/mol. The molecule has 2 aromatic carbocycles. The van der Waals surface area contributed by atoms with Crippen molar-refractivity contribution in [1.82, 2.24) is 10.4 Å². The first-order valence-electron chi connectivity index (χ1n) is 8.65. The number of benzene rings is 2. The van der Waals surface area contributed by atoms with Gasteiger partial charge >= 0.3 is 0 Å². The SMILES string of the molecule is COc1cc(/C=N/NC(=O)c2cccnc2)cc(I)c1OCc1ccc(Cl)cc1Cl. The fourth-order valence-electron chi connectivity index (χ4n) is 2.47. The Morgan fingerprint density at radius 2 is 2.10 bits per heavy atom. The third-order valence-corrected chi connectivity index (χ3v) is 5.33. The number of nitrogens with one attached hydrogen (secondary N) is 1. The number of hydrogen-bond acceptors (Lipinski definition) is 5. The molecule has 3 aromatic rings. The zero-order valence-electron chi connectivity index (χ0n) is 15.7. The number of amides is 1. The van der Waals surface area contributed by atoms with E-state index in [1.165, 1.54) is 12.4 Å². The summed E-state index contributed by atoms with van der Waals surface area (Å²) in [5.74, 6) is 0.772. The van der Waals surface area contributed by atoms with Crippen molar-refractivity contribution in [3.05, 3.63) is 85.2 Å². The Morgan fingerprint density at radius 1 is 1.27 bits per heavy atom. The van der Waals surface area contributed by atoms with E-state index >= 15 is 0 Å². The molecule has 0 unspecified atom stereocenters. The minimum absolute atomic E-state index is 0.261. The molecule has 1 amide bonds. The first-order valence-corrected chi connectivity index (χ1v) is 10.5. The fraction of sp³-hybridized carbons (Fsp3) is 0.0952. The highest BCUT2D eigenvalue weighted by molar-refractivity contribution is 14.1. The number of pyridine rings is 1. The van der Waals surface area contributed by atoms with Crippen LogP contribution in [-0.4, -0.2) is 24.2 Å². The molecule has 0 atom stereocenters. The van der Waals surface area contributed by atoms with Crippen LogP contribution in [0, 0.1) is 3.57 Å². The topological polar surface area (TPSA) is 72.8 Å². The molecular formula is C21H16Cl2IN3O3. The van der Waals surface area contributed by atoms with E-state index in [4.69, 9.17) is 32.7 Å². The molecule has 0 spiro atoms. The van der Waals surface area contributed by atoms with E-state index in [-0.39, 0.29) is 12.5 Å². The third kappa shape index (κ3) is 5.84. The van der Waals surface area contributed by atoms with Crippen LogP contribution in [-0.2, 0) is 6.61 Å². The van der Waals surface area contributed by atoms with Gasteiger partial charge in [-0.15, -0.1) is 0 Å². The van der Waals surface area contributed by atoms with E-state index in [0.717, 1.165) is 14.7 Å². The lowest BCUT2D eigenvalue weighted by Crippen LogP contribution is -2.17. The van der Waals surface area contributed by atoms with Crippen LogP contribution in [0.4, 0.5) is 0 Å². The summed E-state index contributed by atoms with van der Waals surface area (Å²) in [7, 11) is 1.55. The first-order chi connectivity index (χ1) is 14.5. The minimum atomic E-state index is -0.346. The van der Waals surface area contributed by atoms with E-state index in [2.05, 4.69) is 38.1 Å². The van der Waals surface area contributed by atoms with Crippen molar-refractivity contribution in [2.24, 2.45) is 5.10 Å². The lowest BCUT2D eigenvalue weighted by molar-refractivity contribution is 0.0955. The maximum atomic E-state index is 12.0. The van der Waals surface area contributed by atoms with Crippen LogP contribution in [0.3, 0.4) is 0 Å². The van der Waals surface area contributed by atoms with Crippen molar-refractivity contribution in [1.29, 1.82) is 0 Å². The fourth-order valence-corrected chi connectivity index (χ4v) is 3.71. The van der Waals surface area contributed by atoms with Gasteiger partial charge < -0.3 is 9.47 Å². The van der Waals surface area contributed by atoms with Gasteiger partial charge in [0.1, 0.15) is 6.61 Å². The maximum absolute atomic E-state index is 12.0. The van der Waals surface area contributed by atoms with Crippen LogP contribution in [0.1, 0.15) is 21.5 Å². The predicted molar refractivity (Wildman–Crippen MR) is 126 cm³/mol. The van der Waals surface area contributed by atoms with Crippen molar-refractivity contribution < 1.29 is 14.3 Å². The number of carbonyl (C=O) groups is 1. The van der Waals surface area contributed by atoms with Crippen LogP contribution < -0.4 is 14.9 Å². The molecule has 0 radical (unpaired) electrons. The summed E-state index contributed by atoms with van der Waals surface area (Å²) in [6.07, 6.45) is 4.59. The number of ether oxygens (including phenoxy) is 2. The molecule has 1 heterocycles. The summed E-state index contributed by atoms with van der Waals surface area (Å²) in [6, 6.07) is 12.2. The standard InChI is InChI=1S/C21H16Cl2IN3O3/c1-29-19-8-13(10-26-27-21(28)14-3-2-6-25-11-14)7-18(24)20(19)30-12-15-4-5-16(22)9-17(15)23/h2-11H,12H2,1H3,(H,27,28)/b26-10+. The van der Waals surface area contributed by atoms with Gasteiger partial charge in [0, 0.05) is 28.0 Å². The number of hydrogen-bond donors (Lipinski definition) is 1. The largest absolute Gasteiger partial charge is 0.493 e. The van der Waals surface area contributed by atoms with Gasteiger partial charge in [-0.05, 0) is 64.6 Å². The third-order valence-electron chi connectivity index (χ3n) is 3.94. The summed E-state index contributed by atoms with van der Waals surface area (Å²) in [5, 5.41) is 5.09. The van der Waals surface area contributed by atoms with Gasteiger partial charge in [0.05, 0.1) is 22.5 Å². The van der Waals surface area contributed by atoms with Crippen LogP contribution in [0.5, 0.6) is 11.5 Å². The van der Waals surface area contributed by atoms with Crippen LogP contribution in [0.25, 0.3) is 0 Å². The molecule has 0 fully saturated rings. The lowest BCUT2D eigenvalue weighted by atomic mass is 10.2. The zero-order valence-corrected chi connectivity index (χ0v) is 19.4. The molecule has 0 bridgehead atoms. The van der Waals surface area contributed by atoms with Crippen molar-refractivity contribution in [2.45, 2.75) is 6.61 Å². The molecule has 1 N–H and O–H groups in total. The molecule has 9 heteroatoms. The van der Waals surface area contributed by atoms with Gasteiger partial charge in [0.15, 0.2) is 11.5 Å². The molecule has 0 saturated carbocycles. The highest BCUT2D eigenvalue weighted by Crippen LogP contribution is 2.34. The summed E-state index contributed by atoms with van der Waals surface area (Å²) >= 11 is 14.3. The number of methoxy groups -OCH3 is 1. The smallest absolute Gasteiger partial charge is 0.272 e. The molecule has 3 rings (SSSR count). The molecule has 0 saturated heterocycles. The average molecular weight is 556 g/mol. The normalized spacial score (nSPS) is 10.8. The van der Waals surface area contributed by atoms with Gasteiger partial charge in [-0.1, -0.05) is 29.3 Å². The predicted octanol–water partition coefficient (Wildman–Crippen LogP) is 5.34. The number of nitrogens with zero attached hydrogens (tertiary/aromatic N) is 2. The van der Waals surface area contributed by atoms with Gasteiger partial charge in [-0.25, -0.2) is 5.43 Å². The van der Waals surface area contributed by atoms with E-state index in [1.54, 1.807) is 43.6 Å². The second-order valence-electron chi connectivity index (χ2n) is 6.00. The van der Waals surface area contributed by atoms with Crippen molar-refractivity contribution in [2.75, 3.05) is 7.11 Å². The quantitative estimate of drug-likeness (QED) is 0.242. The van der Waals surface area contributed by atoms with Gasteiger partial charge in [-0.3, -0.25) is 9.78 Å². The Kier molecular flexibility index (Phi) is 7.89. The lowest BCUT2D eigenvalue weighted by Gasteiger charge is -2.14. The van der Waals surface area contributed by atoms with Crippen LogP contribution in [0.15, 0.2) is 60.0 Å². The van der Waals surface area contributed by atoms with Crippen molar-refractivity contribution >= 4 is 57.9 Å². The summed E-state index contributed by atoms with van der Waals surface area (Å²) in [5.41, 5.74) is 4.43. The molecule has 0 aliphatic carbocycles.